The highest BCUT2D eigenvalue weighted by Gasteiger charge is 2.35. The standard InChI is InChI=1S/C25H24FN3O3S/c1-32-14-13-28(25(31)23-12-7-15-33-23)17-24(30)29-22(18-8-3-2-4-9-18)16-21(27-29)19-10-5-6-11-20(19)26/h2-12,15,22H,13-14,16-17H2,1H3/t22-/m0/s1. The van der Waals surface area contributed by atoms with Crippen LogP contribution in [0.5, 0.6) is 0 Å². The summed E-state index contributed by atoms with van der Waals surface area (Å²) in [5.74, 6) is -0.952. The van der Waals surface area contributed by atoms with Crippen molar-refractivity contribution in [2.45, 2.75) is 12.5 Å². The number of carbonyl (C=O) groups excluding carboxylic acids is 2. The highest BCUT2D eigenvalue weighted by atomic mass is 32.1. The number of hydrazone groups is 1. The fourth-order valence-electron chi connectivity index (χ4n) is 3.78. The fraction of sp³-hybridized carbons (Fsp3) is 0.240. The van der Waals surface area contributed by atoms with E-state index >= 15 is 0 Å². The van der Waals surface area contributed by atoms with E-state index in [0.29, 0.717) is 29.2 Å². The van der Waals surface area contributed by atoms with Gasteiger partial charge in [-0.15, -0.1) is 11.3 Å². The number of methoxy groups -OCH3 is 1. The number of halogens is 1. The van der Waals surface area contributed by atoms with Gasteiger partial charge < -0.3 is 9.64 Å². The van der Waals surface area contributed by atoms with Gasteiger partial charge in [0.2, 0.25) is 0 Å². The minimum absolute atomic E-state index is 0.155. The van der Waals surface area contributed by atoms with Crippen LogP contribution in [-0.4, -0.2) is 54.2 Å². The molecular weight excluding hydrogens is 441 g/mol. The Kier molecular flexibility index (Phi) is 7.26. The summed E-state index contributed by atoms with van der Waals surface area (Å²) in [5, 5.41) is 7.73. The predicted molar refractivity (Wildman–Crippen MR) is 126 cm³/mol. The number of carbonyl (C=O) groups is 2. The van der Waals surface area contributed by atoms with Crippen LogP contribution in [0.4, 0.5) is 4.39 Å². The summed E-state index contributed by atoms with van der Waals surface area (Å²) in [4.78, 5) is 28.4. The van der Waals surface area contributed by atoms with Gasteiger partial charge in [0.25, 0.3) is 11.8 Å². The Morgan fingerprint density at radius 1 is 1.12 bits per heavy atom. The summed E-state index contributed by atoms with van der Waals surface area (Å²) in [6.45, 7) is 0.417. The summed E-state index contributed by atoms with van der Waals surface area (Å²) in [6.07, 6.45) is 0.383. The zero-order valence-corrected chi connectivity index (χ0v) is 19.0. The Labute approximate surface area is 195 Å². The van der Waals surface area contributed by atoms with Crippen LogP contribution >= 0.6 is 11.3 Å². The van der Waals surface area contributed by atoms with E-state index in [9.17, 15) is 14.0 Å². The predicted octanol–water partition coefficient (Wildman–Crippen LogP) is 4.35. The largest absolute Gasteiger partial charge is 0.383 e. The van der Waals surface area contributed by atoms with Gasteiger partial charge in [0.05, 0.1) is 23.2 Å². The molecule has 170 valence electrons. The molecule has 0 radical (unpaired) electrons. The first-order valence-corrected chi connectivity index (χ1v) is 11.5. The lowest BCUT2D eigenvalue weighted by molar-refractivity contribution is -0.133. The third kappa shape index (κ3) is 5.18. The molecule has 6 nitrogen and oxygen atoms in total. The molecule has 1 aliphatic heterocycles. The quantitative estimate of drug-likeness (QED) is 0.497. The van der Waals surface area contributed by atoms with Gasteiger partial charge in [-0.05, 0) is 23.1 Å². The van der Waals surface area contributed by atoms with Crippen molar-refractivity contribution in [2.75, 3.05) is 26.8 Å². The number of nitrogens with zero attached hydrogens (tertiary/aromatic N) is 3. The smallest absolute Gasteiger partial charge is 0.264 e. The van der Waals surface area contributed by atoms with E-state index in [1.165, 1.54) is 27.3 Å². The maximum Gasteiger partial charge on any atom is 0.264 e. The molecule has 0 saturated heterocycles. The van der Waals surface area contributed by atoms with E-state index < -0.39 is 0 Å². The molecule has 2 heterocycles. The van der Waals surface area contributed by atoms with E-state index in [1.807, 2.05) is 35.7 Å². The molecule has 33 heavy (non-hydrogen) atoms. The highest BCUT2D eigenvalue weighted by molar-refractivity contribution is 7.12. The Morgan fingerprint density at radius 3 is 2.58 bits per heavy atom. The van der Waals surface area contributed by atoms with Crippen molar-refractivity contribution in [3.05, 3.63) is 93.9 Å². The number of amides is 2. The molecule has 2 aromatic carbocycles. The Morgan fingerprint density at radius 2 is 1.88 bits per heavy atom. The van der Waals surface area contributed by atoms with E-state index in [2.05, 4.69) is 5.10 Å². The Balaban J connectivity index is 1.62. The maximum absolute atomic E-state index is 14.5. The number of benzene rings is 2. The van der Waals surface area contributed by atoms with Gasteiger partial charge in [-0.1, -0.05) is 54.6 Å². The molecule has 0 spiro atoms. The molecule has 0 N–H and O–H groups in total. The third-order valence-electron chi connectivity index (χ3n) is 5.45. The number of ether oxygens (including phenoxy) is 1. The molecule has 0 fully saturated rings. The van der Waals surface area contributed by atoms with E-state index in [0.717, 1.165) is 5.56 Å². The van der Waals surface area contributed by atoms with Crippen molar-refractivity contribution in [1.82, 2.24) is 9.91 Å². The van der Waals surface area contributed by atoms with E-state index in [1.54, 1.807) is 37.4 Å². The second-order valence-corrected chi connectivity index (χ2v) is 8.54. The van der Waals surface area contributed by atoms with Gasteiger partial charge in [0.1, 0.15) is 12.4 Å². The molecule has 0 unspecified atom stereocenters. The van der Waals surface area contributed by atoms with Crippen LogP contribution in [0.15, 0.2) is 77.2 Å². The molecule has 4 rings (SSSR count). The number of thiophene rings is 1. The van der Waals surface area contributed by atoms with Gasteiger partial charge in [0.15, 0.2) is 0 Å². The normalized spacial score (nSPS) is 15.4. The molecule has 0 aliphatic carbocycles. The van der Waals surface area contributed by atoms with Gasteiger partial charge in [-0.3, -0.25) is 9.59 Å². The first-order chi connectivity index (χ1) is 16.1. The topological polar surface area (TPSA) is 62.2 Å². The zero-order chi connectivity index (χ0) is 23.2. The van der Waals surface area contributed by atoms with Crippen molar-refractivity contribution in [3.8, 4) is 0 Å². The lowest BCUT2D eigenvalue weighted by atomic mass is 9.98. The minimum atomic E-state index is -0.382. The Hall–Kier alpha value is -3.36. The summed E-state index contributed by atoms with van der Waals surface area (Å²) < 4.78 is 19.6. The average molecular weight is 466 g/mol. The van der Waals surface area contributed by atoms with E-state index in [4.69, 9.17) is 4.74 Å². The summed E-state index contributed by atoms with van der Waals surface area (Å²) >= 11 is 1.32. The monoisotopic (exact) mass is 465 g/mol. The third-order valence-corrected chi connectivity index (χ3v) is 6.30. The van der Waals surface area contributed by atoms with Gasteiger partial charge in [-0.2, -0.15) is 5.10 Å². The fourth-order valence-corrected chi connectivity index (χ4v) is 4.47. The van der Waals surface area contributed by atoms with Gasteiger partial charge in [0, 0.05) is 25.6 Å². The van der Waals surface area contributed by atoms with Crippen LogP contribution in [0.25, 0.3) is 0 Å². The zero-order valence-electron chi connectivity index (χ0n) is 18.2. The van der Waals surface area contributed by atoms with Crippen LogP contribution in [0.1, 0.15) is 33.3 Å². The van der Waals surface area contributed by atoms with Crippen LogP contribution in [0.2, 0.25) is 0 Å². The minimum Gasteiger partial charge on any atom is -0.383 e. The molecule has 1 aromatic heterocycles. The molecule has 1 aliphatic rings. The van der Waals surface area contributed by atoms with Crippen LogP contribution in [-0.2, 0) is 9.53 Å². The molecular formula is C25H24FN3O3S. The molecule has 0 saturated carbocycles. The first kappa shape index (κ1) is 22.8. The van der Waals surface area contributed by atoms with Crippen molar-refractivity contribution < 1.29 is 18.7 Å². The highest BCUT2D eigenvalue weighted by Crippen LogP contribution is 2.33. The first-order valence-electron chi connectivity index (χ1n) is 10.6. The van der Waals surface area contributed by atoms with Crippen LogP contribution < -0.4 is 0 Å². The molecule has 0 bridgehead atoms. The second kappa shape index (κ2) is 10.5. The van der Waals surface area contributed by atoms with Crippen LogP contribution in [0, 0.1) is 5.82 Å². The lowest BCUT2D eigenvalue weighted by Gasteiger charge is -2.26. The number of hydrogen-bond acceptors (Lipinski definition) is 5. The van der Waals surface area contributed by atoms with Crippen LogP contribution in [0.3, 0.4) is 0 Å². The van der Waals surface area contributed by atoms with Crippen molar-refractivity contribution in [1.29, 1.82) is 0 Å². The van der Waals surface area contributed by atoms with Gasteiger partial charge >= 0.3 is 0 Å². The average Bonchev–Trinajstić information content (AvgIpc) is 3.53. The summed E-state index contributed by atoms with van der Waals surface area (Å²) in [5.41, 5.74) is 1.77. The lowest BCUT2D eigenvalue weighted by Crippen LogP contribution is -2.42. The van der Waals surface area contributed by atoms with Crippen molar-refractivity contribution >= 4 is 28.9 Å². The number of rotatable bonds is 8. The summed E-state index contributed by atoms with van der Waals surface area (Å²) in [7, 11) is 1.55. The maximum atomic E-state index is 14.5. The molecule has 8 heteroatoms. The second-order valence-electron chi connectivity index (χ2n) is 7.59. The number of hydrogen-bond donors (Lipinski definition) is 0. The molecule has 2 amide bonds. The molecule has 1 atom stereocenters. The van der Waals surface area contributed by atoms with Crippen molar-refractivity contribution in [3.63, 3.8) is 0 Å². The van der Waals surface area contributed by atoms with E-state index in [-0.39, 0.29) is 36.8 Å². The summed E-state index contributed by atoms with van der Waals surface area (Å²) in [6, 6.07) is 19.1. The van der Waals surface area contributed by atoms with Gasteiger partial charge in [-0.25, -0.2) is 9.40 Å². The van der Waals surface area contributed by atoms with Crippen molar-refractivity contribution in [2.24, 2.45) is 5.10 Å². The SMILES string of the molecule is COCCN(CC(=O)N1N=C(c2ccccc2F)C[C@H]1c1ccccc1)C(=O)c1cccs1. The molecule has 3 aromatic rings. The Bertz CT molecular complexity index is 1130.